The van der Waals surface area contributed by atoms with Crippen molar-refractivity contribution in [2.75, 3.05) is 6.61 Å². The number of ether oxygens (including phenoxy) is 2. The highest BCUT2D eigenvalue weighted by molar-refractivity contribution is 4.69. The van der Waals surface area contributed by atoms with Crippen molar-refractivity contribution in [1.29, 1.82) is 0 Å². The Hall–Kier alpha value is -0.640. The van der Waals surface area contributed by atoms with Crippen molar-refractivity contribution in [3.05, 3.63) is 6.61 Å². The Morgan fingerprint density at radius 2 is 1.50 bits per heavy atom. The Morgan fingerprint density at radius 3 is 1.89 bits per heavy atom. The summed E-state index contributed by atoms with van der Waals surface area (Å²) in [7, 11) is 0. The molecule has 0 saturated heterocycles. The zero-order valence-electron chi connectivity index (χ0n) is 8.91. The number of halogens is 8. The van der Waals surface area contributed by atoms with Crippen LogP contribution >= 0.6 is 0 Å². The van der Waals surface area contributed by atoms with Crippen LogP contribution in [0.15, 0.2) is 0 Å². The van der Waals surface area contributed by atoms with E-state index in [2.05, 4.69) is 9.47 Å². The lowest BCUT2D eigenvalue weighted by Crippen LogP contribution is -2.38. The molecule has 0 heterocycles. The number of hydrogen-bond donors (Lipinski definition) is 0. The van der Waals surface area contributed by atoms with Crippen LogP contribution in [-0.4, -0.2) is 31.2 Å². The van der Waals surface area contributed by atoms with Gasteiger partial charge in [0, 0.05) is 6.42 Å². The molecule has 0 saturated carbocycles. The lowest BCUT2D eigenvalue weighted by atomic mass is 10.3. The van der Waals surface area contributed by atoms with Crippen molar-refractivity contribution in [2.45, 2.75) is 37.9 Å². The lowest BCUT2D eigenvalue weighted by Gasteiger charge is -2.20. The fourth-order valence-electron chi connectivity index (χ4n) is 0.660. The molecule has 109 valence electrons. The molecular weight excluding hydrogens is 280 g/mol. The van der Waals surface area contributed by atoms with Gasteiger partial charge in [-0.1, -0.05) is 0 Å². The summed E-state index contributed by atoms with van der Waals surface area (Å²) in [5.74, 6) is 0. The molecule has 1 atom stereocenters. The fourth-order valence-corrected chi connectivity index (χ4v) is 0.660. The molecule has 0 rings (SSSR count). The second-order valence-corrected chi connectivity index (χ2v) is 3.27. The highest BCUT2D eigenvalue weighted by Crippen LogP contribution is 2.37. The van der Waals surface area contributed by atoms with Crippen molar-refractivity contribution in [3.63, 3.8) is 0 Å². The Bertz CT molecular complexity index is 246. The maximum absolute atomic E-state index is 12.2. The maximum Gasteiger partial charge on any atom is 0.482 e. The lowest BCUT2D eigenvalue weighted by molar-refractivity contribution is -0.382. The molecular formula is C8H9F8O2. The van der Waals surface area contributed by atoms with Crippen molar-refractivity contribution in [1.82, 2.24) is 0 Å². The van der Waals surface area contributed by atoms with Crippen molar-refractivity contribution < 1.29 is 44.6 Å². The SMILES string of the molecule is CC(C[CH]OC(F)(F)C(F)(F)F)OCC(F)(F)F. The summed E-state index contributed by atoms with van der Waals surface area (Å²) in [6, 6.07) is 0. The molecule has 0 amide bonds. The predicted molar refractivity (Wildman–Crippen MR) is 42.5 cm³/mol. The summed E-state index contributed by atoms with van der Waals surface area (Å²) < 4.78 is 101. The normalized spacial score (nSPS) is 15.8. The van der Waals surface area contributed by atoms with Gasteiger partial charge in [0.25, 0.3) is 0 Å². The molecule has 0 aromatic rings. The van der Waals surface area contributed by atoms with Gasteiger partial charge < -0.3 is 9.47 Å². The smallest absolute Gasteiger partial charge is 0.369 e. The first-order valence-electron chi connectivity index (χ1n) is 4.47. The third-order valence-electron chi connectivity index (χ3n) is 1.52. The van der Waals surface area contributed by atoms with E-state index < -0.39 is 37.6 Å². The standard InChI is InChI=1S/C8H9F8O2/c1-5(17-4-6(9,10)11)2-3-18-8(15,16)7(12,13)14/h3,5H,2,4H2,1H3. The van der Waals surface area contributed by atoms with Crippen LogP contribution in [0, 0.1) is 6.61 Å². The molecule has 0 bridgehead atoms. The van der Waals surface area contributed by atoms with Gasteiger partial charge in [-0.3, -0.25) is 0 Å². The molecule has 1 radical (unpaired) electrons. The molecule has 18 heavy (non-hydrogen) atoms. The van der Waals surface area contributed by atoms with Gasteiger partial charge in [-0.15, -0.1) is 0 Å². The summed E-state index contributed by atoms with van der Waals surface area (Å²) in [4.78, 5) is 0. The average Bonchev–Trinajstić information content (AvgIpc) is 2.11. The summed E-state index contributed by atoms with van der Waals surface area (Å²) in [5.41, 5.74) is 0. The second-order valence-electron chi connectivity index (χ2n) is 3.27. The first-order valence-corrected chi connectivity index (χ1v) is 4.47. The number of rotatable bonds is 6. The van der Waals surface area contributed by atoms with E-state index in [0.29, 0.717) is 0 Å². The Labute approximate surface area is 96.8 Å². The van der Waals surface area contributed by atoms with Crippen LogP contribution in [-0.2, 0) is 9.47 Å². The van der Waals surface area contributed by atoms with Crippen LogP contribution in [0.2, 0.25) is 0 Å². The number of hydrogen-bond acceptors (Lipinski definition) is 2. The number of alkyl halides is 8. The highest BCUT2D eigenvalue weighted by Gasteiger charge is 2.59. The van der Waals surface area contributed by atoms with Crippen molar-refractivity contribution >= 4 is 0 Å². The monoisotopic (exact) mass is 289 g/mol. The van der Waals surface area contributed by atoms with E-state index in [9.17, 15) is 35.1 Å². The Balaban J connectivity index is 3.92. The Kier molecular flexibility index (Phi) is 5.79. The summed E-state index contributed by atoms with van der Waals surface area (Å²) in [5, 5.41) is 0. The molecule has 0 fully saturated rings. The largest absolute Gasteiger partial charge is 0.482 e. The molecule has 1 unspecified atom stereocenters. The van der Waals surface area contributed by atoms with E-state index in [4.69, 9.17) is 0 Å². The van der Waals surface area contributed by atoms with Crippen LogP contribution in [0.4, 0.5) is 35.1 Å². The first kappa shape index (κ1) is 17.4. The van der Waals surface area contributed by atoms with E-state index in [1.807, 2.05) is 0 Å². The van der Waals surface area contributed by atoms with Gasteiger partial charge in [-0.05, 0) is 6.92 Å². The molecule has 0 aromatic heterocycles. The van der Waals surface area contributed by atoms with Gasteiger partial charge >= 0.3 is 18.5 Å². The molecule has 0 N–H and O–H groups in total. The minimum atomic E-state index is -5.89. The van der Waals surface area contributed by atoms with Gasteiger partial charge in [0.1, 0.15) is 6.61 Å². The minimum absolute atomic E-state index is 0.0640. The van der Waals surface area contributed by atoms with Crippen molar-refractivity contribution in [2.24, 2.45) is 0 Å². The second kappa shape index (κ2) is 6.00. The van der Waals surface area contributed by atoms with E-state index in [0.717, 1.165) is 6.92 Å². The molecule has 0 aliphatic carbocycles. The van der Waals surface area contributed by atoms with E-state index >= 15 is 0 Å². The fraction of sp³-hybridized carbons (Fsp3) is 0.875. The predicted octanol–water partition coefficient (Wildman–Crippen LogP) is 3.68. The van der Waals surface area contributed by atoms with Crippen LogP contribution in [0.3, 0.4) is 0 Å². The van der Waals surface area contributed by atoms with Gasteiger partial charge in [0.15, 0.2) is 0 Å². The third-order valence-corrected chi connectivity index (χ3v) is 1.52. The minimum Gasteiger partial charge on any atom is -0.369 e. The third kappa shape index (κ3) is 6.94. The van der Waals surface area contributed by atoms with Gasteiger partial charge in [-0.25, -0.2) is 0 Å². The van der Waals surface area contributed by atoms with Crippen LogP contribution in [0.5, 0.6) is 0 Å². The van der Waals surface area contributed by atoms with Crippen molar-refractivity contribution in [3.8, 4) is 0 Å². The van der Waals surface area contributed by atoms with Gasteiger partial charge in [0.2, 0.25) is 0 Å². The zero-order chi connectivity index (χ0) is 14.6. The molecule has 2 nitrogen and oxygen atoms in total. The summed E-state index contributed by atoms with van der Waals surface area (Å²) >= 11 is 0. The van der Waals surface area contributed by atoms with Crippen LogP contribution < -0.4 is 0 Å². The van der Waals surface area contributed by atoms with Gasteiger partial charge in [0.05, 0.1) is 12.7 Å². The van der Waals surface area contributed by atoms with Gasteiger partial charge in [-0.2, -0.15) is 35.1 Å². The van der Waals surface area contributed by atoms with E-state index in [1.54, 1.807) is 0 Å². The average molecular weight is 289 g/mol. The van der Waals surface area contributed by atoms with Crippen LogP contribution in [0.25, 0.3) is 0 Å². The molecule has 0 aliphatic heterocycles. The summed E-state index contributed by atoms with van der Waals surface area (Å²) in [6.07, 6.45) is -17.7. The van der Waals surface area contributed by atoms with E-state index in [-0.39, 0.29) is 6.61 Å². The maximum atomic E-state index is 12.2. The van der Waals surface area contributed by atoms with E-state index in [1.165, 1.54) is 0 Å². The summed E-state index contributed by atoms with van der Waals surface area (Å²) in [6.45, 7) is -0.496. The molecule has 0 spiro atoms. The zero-order valence-corrected chi connectivity index (χ0v) is 8.91. The molecule has 0 aliphatic rings. The quantitative estimate of drug-likeness (QED) is 0.694. The Morgan fingerprint density at radius 1 is 1.00 bits per heavy atom. The van der Waals surface area contributed by atoms with Crippen LogP contribution in [0.1, 0.15) is 13.3 Å². The topological polar surface area (TPSA) is 18.5 Å². The molecule has 0 aromatic carbocycles. The molecule has 10 heteroatoms. The highest BCUT2D eigenvalue weighted by atomic mass is 19.4. The first-order chi connectivity index (χ1) is 7.85.